The molecular weight excluding hydrogens is 180 g/mol. The van der Waals surface area contributed by atoms with Crippen molar-refractivity contribution < 1.29 is 0 Å². The van der Waals surface area contributed by atoms with E-state index in [2.05, 4.69) is 33.4 Å². The molecule has 0 nitrogen and oxygen atoms in total. The van der Waals surface area contributed by atoms with Crippen molar-refractivity contribution in [3.05, 3.63) is 24.3 Å². The van der Waals surface area contributed by atoms with Crippen LogP contribution >= 0.6 is 0 Å². The quantitative estimate of drug-likeness (QED) is 0.438. The normalized spacial score (nSPS) is 13.9. The van der Waals surface area contributed by atoms with Crippen molar-refractivity contribution in [2.24, 2.45) is 5.92 Å². The second-order valence-electron chi connectivity index (χ2n) is 4.32. The molecule has 0 saturated heterocycles. The van der Waals surface area contributed by atoms with Gasteiger partial charge in [0.2, 0.25) is 0 Å². The molecule has 0 amide bonds. The lowest BCUT2D eigenvalue weighted by Crippen LogP contribution is -2.04. The van der Waals surface area contributed by atoms with Crippen molar-refractivity contribution in [3.63, 3.8) is 0 Å². The van der Waals surface area contributed by atoms with E-state index >= 15 is 0 Å². The van der Waals surface area contributed by atoms with Crippen LogP contribution in [0.4, 0.5) is 0 Å². The molecule has 0 radical (unpaired) electrons. The van der Waals surface area contributed by atoms with Crippen LogP contribution in [-0.2, 0) is 0 Å². The Morgan fingerprint density at radius 1 is 1.20 bits per heavy atom. The zero-order valence-electron chi connectivity index (χ0n) is 10.9. The van der Waals surface area contributed by atoms with Crippen LogP contribution in [0, 0.1) is 5.92 Å². The summed E-state index contributed by atoms with van der Waals surface area (Å²) in [5.41, 5.74) is 1.66. The van der Waals surface area contributed by atoms with Gasteiger partial charge in [-0.05, 0) is 38.5 Å². The minimum Gasteiger partial charge on any atom is -0.103 e. The van der Waals surface area contributed by atoms with Gasteiger partial charge in [0.25, 0.3) is 0 Å². The monoisotopic (exact) mass is 208 g/mol. The summed E-state index contributed by atoms with van der Waals surface area (Å²) in [6.07, 6.45) is 13.4. The molecule has 1 atom stereocenters. The fraction of sp³-hybridized carbons (Fsp3) is 0.733. The predicted molar refractivity (Wildman–Crippen MR) is 71.1 cm³/mol. The lowest BCUT2D eigenvalue weighted by molar-refractivity contribution is 0.475. The molecular formula is C15H28. The van der Waals surface area contributed by atoms with Crippen LogP contribution in [-0.4, -0.2) is 0 Å². The van der Waals surface area contributed by atoms with Crippen molar-refractivity contribution in [2.75, 3.05) is 0 Å². The second kappa shape index (κ2) is 10.0. The fourth-order valence-electron chi connectivity index (χ4n) is 2.17. The fourth-order valence-corrected chi connectivity index (χ4v) is 2.17. The van der Waals surface area contributed by atoms with Crippen molar-refractivity contribution in [2.45, 2.75) is 65.7 Å². The van der Waals surface area contributed by atoms with Crippen LogP contribution < -0.4 is 0 Å². The molecule has 0 aromatic rings. The summed E-state index contributed by atoms with van der Waals surface area (Å²) in [5, 5.41) is 0. The zero-order chi connectivity index (χ0) is 11.5. The molecule has 88 valence electrons. The summed E-state index contributed by atoms with van der Waals surface area (Å²) in [6, 6.07) is 0. The Hall–Kier alpha value is -0.520. The second-order valence-corrected chi connectivity index (χ2v) is 4.32. The maximum Gasteiger partial charge on any atom is -0.0203 e. The van der Waals surface area contributed by atoms with Gasteiger partial charge in [0.05, 0.1) is 0 Å². The van der Waals surface area contributed by atoms with Crippen LogP contribution in [0.2, 0.25) is 0 Å². The van der Waals surface area contributed by atoms with E-state index in [0.29, 0.717) is 0 Å². The van der Waals surface area contributed by atoms with Gasteiger partial charge in [-0.15, -0.1) is 6.58 Å². The van der Waals surface area contributed by atoms with Crippen LogP contribution in [0.25, 0.3) is 0 Å². The molecule has 0 bridgehead atoms. The maximum absolute atomic E-state index is 3.81. The largest absolute Gasteiger partial charge is 0.103 e. The molecule has 0 aliphatic heterocycles. The Kier molecular flexibility index (Phi) is 9.67. The number of rotatable bonds is 9. The Labute approximate surface area is 96.5 Å². The highest BCUT2D eigenvalue weighted by Crippen LogP contribution is 2.26. The Morgan fingerprint density at radius 3 is 2.40 bits per heavy atom. The standard InChI is InChI=1S/C15H28/c1-5-9-12-14(8-4)15(11-7-3)13-10-6-2/h5,8,15H,1,6-7,9-13H2,2-4H3/b14-8+. The van der Waals surface area contributed by atoms with Gasteiger partial charge in [0.1, 0.15) is 0 Å². The summed E-state index contributed by atoms with van der Waals surface area (Å²) < 4.78 is 0. The van der Waals surface area contributed by atoms with E-state index < -0.39 is 0 Å². The zero-order valence-corrected chi connectivity index (χ0v) is 10.9. The van der Waals surface area contributed by atoms with Gasteiger partial charge in [0, 0.05) is 0 Å². The minimum atomic E-state index is 0.833. The van der Waals surface area contributed by atoms with E-state index in [0.717, 1.165) is 12.3 Å². The molecule has 0 heterocycles. The first-order valence-corrected chi connectivity index (χ1v) is 6.56. The molecule has 0 aromatic carbocycles. The highest BCUT2D eigenvalue weighted by molar-refractivity contribution is 5.06. The highest BCUT2D eigenvalue weighted by Gasteiger charge is 2.11. The summed E-state index contributed by atoms with van der Waals surface area (Å²) in [5.74, 6) is 0.833. The predicted octanol–water partition coefficient (Wildman–Crippen LogP) is 5.51. The van der Waals surface area contributed by atoms with Gasteiger partial charge >= 0.3 is 0 Å². The molecule has 0 heteroatoms. The Balaban J connectivity index is 4.20. The number of hydrogen-bond acceptors (Lipinski definition) is 0. The summed E-state index contributed by atoms with van der Waals surface area (Å²) in [4.78, 5) is 0. The summed E-state index contributed by atoms with van der Waals surface area (Å²) >= 11 is 0. The average Bonchev–Trinajstić information content (AvgIpc) is 2.26. The van der Waals surface area contributed by atoms with Crippen LogP contribution in [0.15, 0.2) is 24.3 Å². The summed E-state index contributed by atoms with van der Waals surface area (Å²) in [7, 11) is 0. The molecule has 15 heavy (non-hydrogen) atoms. The molecule has 0 aliphatic rings. The molecule has 0 aliphatic carbocycles. The first-order valence-electron chi connectivity index (χ1n) is 6.56. The third-order valence-corrected chi connectivity index (χ3v) is 3.08. The lowest BCUT2D eigenvalue weighted by Gasteiger charge is -2.19. The topological polar surface area (TPSA) is 0 Å². The Bertz CT molecular complexity index is 176. The van der Waals surface area contributed by atoms with Crippen molar-refractivity contribution in [1.29, 1.82) is 0 Å². The molecule has 1 unspecified atom stereocenters. The van der Waals surface area contributed by atoms with Gasteiger partial charge in [0.15, 0.2) is 0 Å². The molecule has 0 fully saturated rings. The van der Waals surface area contributed by atoms with Crippen molar-refractivity contribution >= 4 is 0 Å². The highest BCUT2D eigenvalue weighted by atomic mass is 14.2. The molecule has 0 aromatic heterocycles. The minimum absolute atomic E-state index is 0.833. The van der Waals surface area contributed by atoms with E-state index in [9.17, 15) is 0 Å². The smallest absolute Gasteiger partial charge is 0.0203 e. The average molecular weight is 208 g/mol. The maximum atomic E-state index is 3.81. The molecule has 0 rings (SSSR count). The first kappa shape index (κ1) is 14.5. The third-order valence-electron chi connectivity index (χ3n) is 3.08. The van der Waals surface area contributed by atoms with Gasteiger partial charge < -0.3 is 0 Å². The molecule has 0 spiro atoms. The number of unbranched alkanes of at least 4 members (excludes halogenated alkanes) is 1. The van der Waals surface area contributed by atoms with E-state index in [1.807, 2.05) is 6.08 Å². The molecule has 0 saturated carbocycles. The van der Waals surface area contributed by atoms with E-state index in [1.54, 1.807) is 5.57 Å². The third kappa shape index (κ3) is 6.54. The van der Waals surface area contributed by atoms with E-state index in [1.165, 1.54) is 38.5 Å². The lowest BCUT2D eigenvalue weighted by atomic mass is 9.87. The van der Waals surface area contributed by atoms with E-state index in [4.69, 9.17) is 0 Å². The van der Waals surface area contributed by atoms with Gasteiger partial charge in [-0.1, -0.05) is 50.8 Å². The van der Waals surface area contributed by atoms with E-state index in [-0.39, 0.29) is 0 Å². The van der Waals surface area contributed by atoms with Gasteiger partial charge in [-0.2, -0.15) is 0 Å². The molecule has 0 N–H and O–H groups in total. The summed E-state index contributed by atoms with van der Waals surface area (Å²) in [6.45, 7) is 10.6. The number of hydrogen-bond donors (Lipinski definition) is 0. The number of allylic oxidation sites excluding steroid dienone is 3. The van der Waals surface area contributed by atoms with Crippen LogP contribution in [0.1, 0.15) is 65.7 Å². The van der Waals surface area contributed by atoms with Crippen molar-refractivity contribution in [1.82, 2.24) is 0 Å². The first-order chi connectivity index (χ1) is 7.29. The SMILES string of the molecule is C=CCC/C(=C\C)C(CCC)CCCC. The van der Waals surface area contributed by atoms with Gasteiger partial charge in [-0.25, -0.2) is 0 Å². The van der Waals surface area contributed by atoms with Crippen LogP contribution in [0.3, 0.4) is 0 Å². The Morgan fingerprint density at radius 2 is 1.93 bits per heavy atom. The van der Waals surface area contributed by atoms with Gasteiger partial charge in [-0.3, -0.25) is 0 Å². The van der Waals surface area contributed by atoms with Crippen LogP contribution in [0.5, 0.6) is 0 Å². The van der Waals surface area contributed by atoms with Crippen molar-refractivity contribution in [3.8, 4) is 0 Å².